The van der Waals surface area contributed by atoms with Crippen molar-refractivity contribution in [3.63, 3.8) is 0 Å². The van der Waals surface area contributed by atoms with Crippen LogP contribution in [0.3, 0.4) is 0 Å². The van der Waals surface area contributed by atoms with Crippen molar-refractivity contribution in [3.05, 3.63) is 81.9 Å². The van der Waals surface area contributed by atoms with Crippen LogP contribution in [0.15, 0.2) is 48.5 Å². The summed E-state index contributed by atoms with van der Waals surface area (Å²) in [7, 11) is -0.475. The van der Waals surface area contributed by atoms with E-state index in [0.717, 1.165) is 38.9 Å². The molecule has 3 heteroatoms. The Labute approximate surface area is 162 Å². The van der Waals surface area contributed by atoms with Crippen LogP contribution in [-0.2, 0) is 4.57 Å². The summed E-state index contributed by atoms with van der Waals surface area (Å²) in [6.07, 6.45) is 0. The molecule has 0 saturated heterocycles. The zero-order valence-electron chi connectivity index (χ0n) is 16.4. The van der Waals surface area contributed by atoms with Gasteiger partial charge in [-0.3, -0.25) is 9.36 Å². The van der Waals surface area contributed by atoms with Gasteiger partial charge in [0.15, 0.2) is 0 Å². The van der Waals surface area contributed by atoms with Crippen LogP contribution in [0.5, 0.6) is 0 Å². The minimum atomic E-state index is -0.475. The number of hydrogen-bond acceptors (Lipinski definition) is 2. The van der Waals surface area contributed by atoms with Crippen LogP contribution in [0.4, 0.5) is 0 Å². The summed E-state index contributed by atoms with van der Waals surface area (Å²) in [6.45, 7) is 10.1. The molecule has 0 aliphatic heterocycles. The van der Waals surface area contributed by atoms with Crippen LogP contribution in [0.25, 0.3) is 22.3 Å². The maximum absolute atomic E-state index is 12.5. The van der Waals surface area contributed by atoms with E-state index in [1.807, 2.05) is 13.8 Å². The highest BCUT2D eigenvalue weighted by Crippen LogP contribution is 2.40. The lowest BCUT2D eigenvalue weighted by Gasteiger charge is -2.21. The van der Waals surface area contributed by atoms with Crippen molar-refractivity contribution >= 4 is 14.0 Å². The summed E-state index contributed by atoms with van der Waals surface area (Å²) in [5, 5.41) is 0. The average Bonchev–Trinajstić information content (AvgIpc) is 2.64. The van der Waals surface area contributed by atoms with E-state index in [-0.39, 0.29) is 5.52 Å². The van der Waals surface area contributed by atoms with Gasteiger partial charge >= 0.3 is 0 Å². The molecule has 0 aliphatic carbocycles. The summed E-state index contributed by atoms with van der Waals surface area (Å²) in [4.78, 5) is 12.5. The zero-order valence-corrected chi connectivity index (χ0v) is 17.3. The minimum Gasteiger partial charge on any atom is -0.280 e. The lowest BCUT2D eigenvalue weighted by atomic mass is 9.83. The molecule has 0 atom stereocenters. The van der Waals surface area contributed by atoms with Gasteiger partial charge in [0, 0.05) is 5.56 Å². The second-order valence-electron chi connectivity index (χ2n) is 7.13. The maximum Gasteiger partial charge on any atom is 0.253 e. The lowest BCUT2D eigenvalue weighted by molar-refractivity contribution is 0.108. The molecule has 27 heavy (non-hydrogen) atoms. The van der Waals surface area contributed by atoms with Crippen LogP contribution in [-0.4, -0.2) is 5.52 Å². The largest absolute Gasteiger partial charge is 0.280 e. The van der Waals surface area contributed by atoms with E-state index < -0.39 is 8.46 Å². The Balaban J connectivity index is 2.41. The fraction of sp³-hybridized carbons (Fsp3) is 0.208. The predicted octanol–water partition coefficient (Wildman–Crippen LogP) is 6.99. The fourth-order valence-electron chi connectivity index (χ4n) is 3.89. The SMILES string of the molecule is Cc1ccc(-c2c(C)c(C(=O)P=O)c(C)c(-c3ccc(C)cc3)c2C)cc1. The highest BCUT2D eigenvalue weighted by atomic mass is 31.1. The number of rotatable bonds is 4. The molecule has 0 N–H and O–H groups in total. The van der Waals surface area contributed by atoms with Gasteiger partial charge in [-0.15, -0.1) is 0 Å². The Morgan fingerprint density at radius 2 is 1.00 bits per heavy atom. The normalized spacial score (nSPS) is 11.0. The molecule has 0 amide bonds. The summed E-state index contributed by atoms with van der Waals surface area (Å²) >= 11 is 0. The van der Waals surface area contributed by atoms with Gasteiger partial charge in [-0.05, 0) is 73.6 Å². The van der Waals surface area contributed by atoms with Crippen molar-refractivity contribution in [1.29, 1.82) is 0 Å². The van der Waals surface area contributed by atoms with Crippen LogP contribution in [0.2, 0.25) is 0 Å². The quantitative estimate of drug-likeness (QED) is 0.461. The Morgan fingerprint density at radius 3 is 1.33 bits per heavy atom. The molecule has 0 aliphatic rings. The first-order valence-electron chi connectivity index (χ1n) is 9.00. The first kappa shape index (κ1) is 19.2. The van der Waals surface area contributed by atoms with Crippen molar-refractivity contribution in [2.24, 2.45) is 0 Å². The molecule has 0 heterocycles. The molecule has 3 aromatic carbocycles. The third-order valence-corrected chi connectivity index (χ3v) is 5.62. The molecule has 3 aromatic rings. The first-order valence-corrected chi connectivity index (χ1v) is 9.82. The minimum absolute atomic E-state index is 0.369. The van der Waals surface area contributed by atoms with Crippen molar-refractivity contribution in [3.8, 4) is 22.3 Å². The average molecular weight is 374 g/mol. The molecule has 2 nitrogen and oxygen atoms in total. The van der Waals surface area contributed by atoms with Crippen LogP contribution in [0, 0.1) is 34.6 Å². The molecule has 0 aromatic heterocycles. The number of carbonyl (C=O) groups excluding carboxylic acids is 1. The fourth-order valence-corrected chi connectivity index (χ4v) is 4.32. The van der Waals surface area contributed by atoms with Gasteiger partial charge < -0.3 is 0 Å². The Kier molecular flexibility index (Phi) is 5.39. The van der Waals surface area contributed by atoms with Crippen LogP contribution < -0.4 is 0 Å². The molecule has 0 unspecified atom stereocenters. The van der Waals surface area contributed by atoms with Crippen molar-refractivity contribution in [2.75, 3.05) is 0 Å². The topological polar surface area (TPSA) is 34.1 Å². The van der Waals surface area contributed by atoms with Gasteiger partial charge in [0.2, 0.25) is 8.46 Å². The van der Waals surface area contributed by atoms with Crippen LogP contribution >= 0.6 is 8.46 Å². The monoisotopic (exact) mass is 374 g/mol. The third-order valence-electron chi connectivity index (χ3n) is 5.23. The van der Waals surface area contributed by atoms with E-state index in [1.54, 1.807) is 0 Å². The number of hydrogen-bond donors (Lipinski definition) is 0. The Bertz CT molecular complexity index is 957. The number of aryl methyl sites for hydroxylation is 2. The van der Waals surface area contributed by atoms with E-state index in [1.165, 1.54) is 11.1 Å². The first-order chi connectivity index (χ1) is 12.8. The zero-order chi connectivity index (χ0) is 19.7. The van der Waals surface area contributed by atoms with Crippen molar-refractivity contribution in [1.82, 2.24) is 0 Å². The predicted molar refractivity (Wildman–Crippen MR) is 113 cm³/mol. The highest BCUT2D eigenvalue weighted by molar-refractivity contribution is 7.47. The summed E-state index contributed by atoms with van der Waals surface area (Å²) in [6, 6.07) is 16.6. The van der Waals surface area contributed by atoms with E-state index in [2.05, 4.69) is 69.3 Å². The highest BCUT2D eigenvalue weighted by Gasteiger charge is 2.23. The van der Waals surface area contributed by atoms with E-state index in [4.69, 9.17) is 0 Å². The molecule has 3 rings (SSSR count). The molecule has 0 fully saturated rings. The standard InChI is InChI=1S/C24H23O2P/c1-14-6-10-19(11-7-14)21-16(3)22(20-12-8-15(2)9-13-20)18(5)23(17(21)4)24(25)27-26/h6-13H,1-5H3. The van der Waals surface area contributed by atoms with E-state index in [0.29, 0.717) is 5.56 Å². The summed E-state index contributed by atoms with van der Waals surface area (Å²) < 4.78 is 11.4. The Hall–Kier alpha value is -2.57. The molecule has 0 spiro atoms. The maximum atomic E-state index is 12.5. The molecular formula is C24H23O2P. The lowest BCUT2D eigenvalue weighted by Crippen LogP contribution is -2.05. The molecule has 0 radical (unpaired) electrons. The van der Waals surface area contributed by atoms with E-state index >= 15 is 0 Å². The molecular weight excluding hydrogens is 351 g/mol. The second-order valence-corrected chi connectivity index (χ2v) is 7.72. The second kappa shape index (κ2) is 7.58. The van der Waals surface area contributed by atoms with Crippen LogP contribution in [0.1, 0.15) is 38.2 Å². The van der Waals surface area contributed by atoms with Gasteiger partial charge in [-0.25, -0.2) is 0 Å². The summed E-state index contributed by atoms with van der Waals surface area (Å²) in [5.41, 5.74) is 9.71. The van der Waals surface area contributed by atoms with Crippen molar-refractivity contribution in [2.45, 2.75) is 34.6 Å². The smallest absolute Gasteiger partial charge is 0.253 e. The van der Waals surface area contributed by atoms with Gasteiger partial charge in [0.25, 0.3) is 5.52 Å². The number of benzene rings is 3. The van der Waals surface area contributed by atoms with Gasteiger partial charge in [0.1, 0.15) is 0 Å². The van der Waals surface area contributed by atoms with Gasteiger partial charge in [-0.2, -0.15) is 0 Å². The van der Waals surface area contributed by atoms with Gasteiger partial charge in [0.05, 0.1) is 0 Å². The summed E-state index contributed by atoms with van der Waals surface area (Å²) in [5.74, 6) is 0. The third kappa shape index (κ3) is 3.50. The molecule has 0 saturated carbocycles. The van der Waals surface area contributed by atoms with E-state index in [9.17, 15) is 9.36 Å². The van der Waals surface area contributed by atoms with Gasteiger partial charge in [-0.1, -0.05) is 59.7 Å². The Morgan fingerprint density at radius 1 is 0.630 bits per heavy atom. The molecule has 0 bridgehead atoms. The van der Waals surface area contributed by atoms with Crippen molar-refractivity contribution < 1.29 is 9.36 Å². The molecule has 136 valence electrons. The number of carbonyl (C=O) groups is 1.